The molecular weight excluding hydrogens is 420 g/mol. The summed E-state index contributed by atoms with van der Waals surface area (Å²) in [4.78, 5) is 29.2. The number of ketones is 1. The third-order valence-electron chi connectivity index (χ3n) is 7.07. The maximum atomic E-state index is 13.1. The molecule has 0 aromatic heterocycles. The Balaban J connectivity index is 1.54. The van der Waals surface area contributed by atoms with Gasteiger partial charge in [0, 0.05) is 44.4 Å². The summed E-state index contributed by atoms with van der Waals surface area (Å²) in [5, 5.41) is 0. The van der Waals surface area contributed by atoms with Crippen molar-refractivity contribution in [2.24, 2.45) is 0 Å². The molecule has 1 aliphatic rings. The fraction of sp³-hybridized carbons (Fsp3) is 0.533. The normalized spacial score (nSPS) is 18.9. The number of unbranched alkanes of at least 4 members (excludes halogenated alkanes) is 4. The highest BCUT2D eigenvalue weighted by atomic mass is 16.2. The minimum absolute atomic E-state index is 0.186. The van der Waals surface area contributed by atoms with E-state index in [9.17, 15) is 9.59 Å². The maximum absolute atomic E-state index is 13.1. The molecule has 1 saturated heterocycles. The third-order valence-corrected chi connectivity index (χ3v) is 7.07. The molecule has 4 nitrogen and oxygen atoms in total. The lowest BCUT2D eigenvalue weighted by atomic mass is 9.94. The predicted molar refractivity (Wildman–Crippen MR) is 140 cm³/mol. The van der Waals surface area contributed by atoms with Gasteiger partial charge in [-0.3, -0.25) is 14.5 Å². The molecule has 0 unspecified atom stereocenters. The van der Waals surface area contributed by atoms with Crippen LogP contribution in [0.4, 0.5) is 0 Å². The van der Waals surface area contributed by atoms with Crippen molar-refractivity contribution >= 4 is 11.7 Å². The number of rotatable bonds is 12. The van der Waals surface area contributed by atoms with E-state index in [4.69, 9.17) is 0 Å². The van der Waals surface area contributed by atoms with Crippen LogP contribution in [0, 0.1) is 0 Å². The smallest absolute Gasteiger partial charge is 0.223 e. The zero-order valence-electron chi connectivity index (χ0n) is 21.3. The van der Waals surface area contributed by atoms with Crippen LogP contribution in [0.5, 0.6) is 0 Å². The topological polar surface area (TPSA) is 40.6 Å². The van der Waals surface area contributed by atoms with Crippen LogP contribution in [-0.4, -0.2) is 46.7 Å². The van der Waals surface area contributed by atoms with Gasteiger partial charge in [-0.25, -0.2) is 0 Å². The SMILES string of the molecule is CCC(=O)CCCCCCCC(=O)N1[C@H](C)CN(C(c2ccccc2)c2ccccc2)C[C@@H]1C. The van der Waals surface area contributed by atoms with E-state index in [0.717, 1.165) is 45.2 Å². The lowest BCUT2D eigenvalue weighted by molar-refractivity contribution is -0.139. The van der Waals surface area contributed by atoms with Gasteiger partial charge in [0.2, 0.25) is 5.91 Å². The minimum Gasteiger partial charge on any atom is -0.335 e. The van der Waals surface area contributed by atoms with Crippen LogP contribution in [0.1, 0.15) is 89.3 Å². The molecule has 184 valence electrons. The van der Waals surface area contributed by atoms with Crippen molar-refractivity contribution < 1.29 is 9.59 Å². The quantitative estimate of drug-likeness (QED) is 0.342. The fourth-order valence-corrected chi connectivity index (χ4v) is 5.39. The highest BCUT2D eigenvalue weighted by Gasteiger charge is 2.36. The van der Waals surface area contributed by atoms with Crippen molar-refractivity contribution in [3.8, 4) is 0 Å². The molecule has 4 heteroatoms. The molecule has 0 spiro atoms. The molecule has 0 radical (unpaired) electrons. The Morgan fingerprint density at radius 2 is 1.24 bits per heavy atom. The van der Waals surface area contributed by atoms with Gasteiger partial charge < -0.3 is 4.90 Å². The molecule has 1 fully saturated rings. The first-order valence-corrected chi connectivity index (χ1v) is 13.2. The summed E-state index contributed by atoms with van der Waals surface area (Å²) < 4.78 is 0. The molecule has 2 atom stereocenters. The minimum atomic E-state index is 0.186. The summed E-state index contributed by atoms with van der Waals surface area (Å²) in [5.74, 6) is 0.649. The van der Waals surface area contributed by atoms with Gasteiger partial charge in [-0.2, -0.15) is 0 Å². The zero-order valence-corrected chi connectivity index (χ0v) is 21.3. The summed E-state index contributed by atoms with van der Waals surface area (Å²) in [5.41, 5.74) is 2.60. The maximum Gasteiger partial charge on any atom is 0.223 e. The van der Waals surface area contributed by atoms with Gasteiger partial charge in [-0.1, -0.05) is 86.8 Å². The Bertz CT molecular complexity index is 832. The van der Waals surface area contributed by atoms with E-state index >= 15 is 0 Å². The Morgan fingerprint density at radius 3 is 1.74 bits per heavy atom. The van der Waals surface area contributed by atoms with E-state index in [2.05, 4.69) is 84.3 Å². The summed E-state index contributed by atoms with van der Waals surface area (Å²) in [6.45, 7) is 8.06. The van der Waals surface area contributed by atoms with Crippen LogP contribution in [-0.2, 0) is 9.59 Å². The second-order valence-corrected chi connectivity index (χ2v) is 9.84. The molecule has 0 saturated carbocycles. The van der Waals surface area contributed by atoms with Gasteiger partial charge >= 0.3 is 0 Å². The van der Waals surface area contributed by atoms with Gasteiger partial charge in [0.1, 0.15) is 5.78 Å². The Morgan fingerprint density at radius 1 is 0.765 bits per heavy atom. The molecule has 1 amide bonds. The van der Waals surface area contributed by atoms with Crippen LogP contribution < -0.4 is 0 Å². The molecular formula is C30H42N2O2. The van der Waals surface area contributed by atoms with Crippen LogP contribution in [0.2, 0.25) is 0 Å². The average Bonchev–Trinajstić information content (AvgIpc) is 2.84. The molecule has 1 heterocycles. The number of benzene rings is 2. The molecule has 0 aliphatic carbocycles. The molecule has 0 N–H and O–H groups in total. The molecule has 1 aliphatic heterocycles. The van der Waals surface area contributed by atoms with Crippen LogP contribution >= 0.6 is 0 Å². The molecule has 34 heavy (non-hydrogen) atoms. The highest BCUT2D eigenvalue weighted by molar-refractivity contribution is 5.78. The van der Waals surface area contributed by atoms with Crippen LogP contribution in [0.3, 0.4) is 0 Å². The number of carbonyl (C=O) groups excluding carboxylic acids is 2. The Labute approximate surface area is 206 Å². The lowest BCUT2D eigenvalue weighted by Crippen LogP contribution is -2.59. The first-order valence-electron chi connectivity index (χ1n) is 13.2. The number of Topliss-reactive ketones (excluding diaryl/α,β-unsaturated/α-hetero) is 1. The van der Waals surface area contributed by atoms with Crippen molar-refractivity contribution in [1.29, 1.82) is 0 Å². The molecule has 0 bridgehead atoms. The second kappa shape index (κ2) is 13.4. The largest absolute Gasteiger partial charge is 0.335 e. The van der Waals surface area contributed by atoms with Gasteiger partial charge in [-0.15, -0.1) is 0 Å². The number of amides is 1. The van der Waals surface area contributed by atoms with E-state index in [1.807, 2.05) is 6.92 Å². The van der Waals surface area contributed by atoms with Crippen molar-refractivity contribution in [2.45, 2.75) is 90.3 Å². The van der Waals surface area contributed by atoms with Gasteiger partial charge in [0.25, 0.3) is 0 Å². The average molecular weight is 463 g/mol. The van der Waals surface area contributed by atoms with E-state index in [1.54, 1.807) is 0 Å². The van der Waals surface area contributed by atoms with E-state index in [1.165, 1.54) is 11.1 Å². The van der Waals surface area contributed by atoms with Crippen LogP contribution in [0.25, 0.3) is 0 Å². The molecule has 3 rings (SSSR count). The predicted octanol–water partition coefficient (Wildman–Crippen LogP) is 6.41. The summed E-state index contributed by atoms with van der Waals surface area (Å²) in [6, 6.07) is 22.0. The first kappa shape index (κ1) is 26.2. The summed E-state index contributed by atoms with van der Waals surface area (Å²) in [6.07, 6.45) is 7.18. The van der Waals surface area contributed by atoms with E-state index in [0.29, 0.717) is 25.0 Å². The number of piperazine rings is 1. The van der Waals surface area contributed by atoms with Crippen LogP contribution in [0.15, 0.2) is 60.7 Å². The summed E-state index contributed by atoms with van der Waals surface area (Å²) >= 11 is 0. The number of carbonyl (C=O) groups is 2. The van der Waals surface area contributed by atoms with Crippen molar-refractivity contribution in [1.82, 2.24) is 9.80 Å². The number of hydrogen-bond donors (Lipinski definition) is 0. The molecule has 2 aromatic carbocycles. The van der Waals surface area contributed by atoms with Gasteiger partial charge in [0.15, 0.2) is 0 Å². The Hall–Kier alpha value is -2.46. The van der Waals surface area contributed by atoms with E-state index in [-0.39, 0.29) is 24.0 Å². The summed E-state index contributed by atoms with van der Waals surface area (Å²) in [7, 11) is 0. The van der Waals surface area contributed by atoms with E-state index < -0.39 is 0 Å². The lowest BCUT2D eigenvalue weighted by Gasteiger charge is -2.47. The monoisotopic (exact) mass is 462 g/mol. The van der Waals surface area contributed by atoms with Gasteiger partial charge in [0.05, 0.1) is 6.04 Å². The zero-order chi connectivity index (χ0) is 24.3. The standard InChI is InChI=1S/C30H42N2O2/c1-4-28(33)20-14-6-5-7-15-21-29(34)32-24(2)22-31(23-25(32)3)30(26-16-10-8-11-17-26)27-18-12-9-13-19-27/h8-13,16-19,24-25,30H,4-7,14-15,20-23H2,1-3H3/t24-,25+. The number of nitrogens with zero attached hydrogens (tertiary/aromatic N) is 2. The highest BCUT2D eigenvalue weighted by Crippen LogP contribution is 2.32. The van der Waals surface area contributed by atoms with Crippen molar-refractivity contribution in [3.63, 3.8) is 0 Å². The van der Waals surface area contributed by atoms with Crippen molar-refractivity contribution in [3.05, 3.63) is 71.8 Å². The molecule has 2 aromatic rings. The number of hydrogen-bond acceptors (Lipinski definition) is 3. The first-order chi connectivity index (χ1) is 16.5. The third kappa shape index (κ3) is 7.27. The van der Waals surface area contributed by atoms with Gasteiger partial charge in [-0.05, 0) is 37.8 Å². The second-order valence-electron chi connectivity index (χ2n) is 9.84. The Kier molecular flexibility index (Phi) is 10.3. The van der Waals surface area contributed by atoms with Crippen molar-refractivity contribution in [2.75, 3.05) is 13.1 Å². The fourth-order valence-electron chi connectivity index (χ4n) is 5.39.